The van der Waals surface area contributed by atoms with Gasteiger partial charge < -0.3 is 10.1 Å². The van der Waals surface area contributed by atoms with Gasteiger partial charge in [0.25, 0.3) is 0 Å². The molecule has 0 saturated carbocycles. The lowest BCUT2D eigenvalue weighted by molar-refractivity contribution is -0.144. The highest BCUT2D eigenvalue weighted by Gasteiger charge is 2.19. The average molecular weight is 374 g/mol. The first-order valence-corrected chi connectivity index (χ1v) is 10.8. The highest BCUT2D eigenvalue weighted by molar-refractivity contribution is 7.80. The normalized spacial score (nSPS) is 12.0. The molecular formula is C20H39NO3S. The molecule has 1 atom stereocenters. The van der Waals surface area contributed by atoms with Crippen molar-refractivity contribution in [2.75, 3.05) is 12.9 Å². The maximum Gasteiger partial charge on any atom is 0.329 e. The molecule has 0 aromatic rings. The van der Waals surface area contributed by atoms with E-state index in [2.05, 4.69) is 29.6 Å². The summed E-state index contributed by atoms with van der Waals surface area (Å²) in [6.07, 6.45) is 17.2. The second kappa shape index (κ2) is 18.1. The molecule has 0 heterocycles. The Hall–Kier alpha value is -0.710. The monoisotopic (exact) mass is 373 g/mol. The summed E-state index contributed by atoms with van der Waals surface area (Å²) in [6, 6.07) is -0.636. The fourth-order valence-corrected chi connectivity index (χ4v) is 3.13. The van der Waals surface area contributed by atoms with Gasteiger partial charge in [0.2, 0.25) is 5.91 Å². The topological polar surface area (TPSA) is 55.4 Å². The van der Waals surface area contributed by atoms with Crippen LogP contribution in [-0.4, -0.2) is 30.8 Å². The minimum absolute atomic E-state index is 0.0903. The smallest absolute Gasteiger partial charge is 0.329 e. The molecule has 0 aliphatic rings. The molecule has 0 saturated heterocycles. The molecule has 0 aromatic carbocycles. The highest BCUT2D eigenvalue weighted by atomic mass is 32.1. The highest BCUT2D eigenvalue weighted by Crippen LogP contribution is 2.13. The zero-order valence-electron chi connectivity index (χ0n) is 16.4. The first kappa shape index (κ1) is 24.3. The number of rotatable bonds is 17. The molecule has 5 heteroatoms. The number of unbranched alkanes of at least 4 members (excludes halogenated alkanes) is 12. The molecule has 0 fully saturated rings. The van der Waals surface area contributed by atoms with Gasteiger partial charge in [0.15, 0.2) is 0 Å². The number of hydrogen-bond acceptors (Lipinski definition) is 4. The number of nitrogens with one attached hydrogen (secondary N) is 1. The summed E-state index contributed by atoms with van der Waals surface area (Å²) in [5, 5.41) is 2.67. The van der Waals surface area contributed by atoms with Crippen LogP contribution in [0, 0.1) is 0 Å². The SMILES string of the molecule is CCCCCCCCCCCCCCCC(=O)N[C@@H](CS)C(=O)OC. The third-order valence-corrected chi connectivity index (χ3v) is 4.88. The first-order chi connectivity index (χ1) is 12.2. The van der Waals surface area contributed by atoms with E-state index >= 15 is 0 Å². The van der Waals surface area contributed by atoms with Crippen LogP contribution >= 0.6 is 12.6 Å². The molecule has 0 rings (SSSR count). The van der Waals surface area contributed by atoms with Crippen LogP contribution in [0.4, 0.5) is 0 Å². The molecular weight excluding hydrogens is 334 g/mol. The summed E-state index contributed by atoms with van der Waals surface area (Å²) >= 11 is 4.06. The maximum atomic E-state index is 11.8. The van der Waals surface area contributed by atoms with E-state index in [9.17, 15) is 9.59 Å². The summed E-state index contributed by atoms with van der Waals surface area (Å²) in [5.41, 5.74) is 0. The molecule has 0 aliphatic heterocycles. The molecule has 0 spiro atoms. The fourth-order valence-electron chi connectivity index (χ4n) is 2.89. The molecule has 0 aliphatic carbocycles. The van der Waals surface area contributed by atoms with Gasteiger partial charge in [-0.3, -0.25) is 4.79 Å². The van der Waals surface area contributed by atoms with E-state index in [0.29, 0.717) is 6.42 Å². The quantitative estimate of drug-likeness (QED) is 0.213. The molecule has 0 unspecified atom stereocenters. The second-order valence-corrected chi connectivity index (χ2v) is 7.18. The molecule has 25 heavy (non-hydrogen) atoms. The van der Waals surface area contributed by atoms with Gasteiger partial charge in [-0.15, -0.1) is 0 Å². The minimum Gasteiger partial charge on any atom is -0.467 e. The molecule has 1 amide bonds. The van der Waals surface area contributed by atoms with Crippen LogP contribution in [0.15, 0.2) is 0 Å². The van der Waals surface area contributed by atoms with Gasteiger partial charge in [0.05, 0.1) is 7.11 Å². The van der Waals surface area contributed by atoms with Gasteiger partial charge in [-0.05, 0) is 6.42 Å². The number of amides is 1. The molecule has 0 bridgehead atoms. The van der Waals surface area contributed by atoms with E-state index in [0.717, 1.165) is 12.8 Å². The summed E-state index contributed by atoms with van der Waals surface area (Å²) in [5.74, 6) is -0.266. The van der Waals surface area contributed by atoms with Gasteiger partial charge in [0, 0.05) is 12.2 Å². The Morgan fingerprint density at radius 1 is 0.840 bits per heavy atom. The molecule has 148 valence electrons. The zero-order chi connectivity index (χ0) is 18.8. The van der Waals surface area contributed by atoms with Crippen LogP contribution in [0.1, 0.15) is 96.8 Å². The number of methoxy groups -OCH3 is 1. The Labute approximate surface area is 160 Å². The van der Waals surface area contributed by atoms with E-state index < -0.39 is 12.0 Å². The number of ether oxygens (including phenoxy) is 1. The Morgan fingerprint density at radius 2 is 1.28 bits per heavy atom. The standard InChI is InChI=1S/C20H39NO3S/c1-3-4-5-6-7-8-9-10-11-12-13-14-15-16-19(22)21-18(17-25)20(23)24-2/h18,25H,3-17H2,1-2H3,(H,21,22)/t18-/m0/s1. The van der Waals surface area contributed by atoms with Crippen molar-refractivity contribution in [2.45, 2.75) is 103 Å². The van der Waals surface area contributed by atoms with Crippen LogP contribution in [0.5, 0.6) is 0 Å². The van der Waals surface area contributed by atoms with Crippen LogP contribution in [0.2, 0.25) is 0 Å². The van der Waals surface area contributed by atoms with E-state index in [4.69, 9.17) is 0 Å². The van der Waals surface area contributed by atoms with Crippen molar-refractivity contribution in [3.63, 3.8) is 0 Å². The number of carbonyl (C=O) groups excluding carboxylic acids is 2. The van der Waals surface area contributed by atoms with Crippen molar-refractivity contribution < 1.29 is 14.3 Å². The first-order valence-electron chi connectivity index (χ1n) is 10.1. The van der Waals surface area contributed by atoms with Crippen LogP contribution in [0.3, 0.4) is 0 Å². The summed E-state index contributed by atoms with van der Waals surface area (Å²) in [4.78, 5) is 23.2. The zero-order valence-corrected chi connectivity index (χ0v) is 17.3. The largest absolute Gasteiger partial charge is 0.467 e. The maximum absolute atomic E-state index is 11.8. The van der Waals surface area contributed by atoms with Crippen LogP contribution < -0.4 is 5.32 Å². The number of hydrogen-bond donors (Lipinski definition) is 2. The lowest BCUT2D eigenvalue weighted by atomic mass is 10.0. The Kier molecular flexibility index (Phi) is 17.6. The predicted molar refractivity (Wildman–Crippen MR) is 108 cm³/mol. The Bertz CT molecular complexity index is 337. The van der Waals surface area contributed by atoms with Gasteiger partial charge in [-0.25, -0.2) is 4.79 Å². The molecule has 4 nitrogen and oxygen atoms in total. The van der Waals surface area contributed by atoms with Crippen molar-refractivity contribution in [3.05, 3.63) is 0 Å². The van der Waals surface area contributed by atoms with Gasteiger partial charge in [-0.2, -0.15) is 12.6 Å². The molecule has 1 N–H and O–H groups in total. The third kappa shape index (κ3) is 15.3. The summed E-state index contributed by atoms with van der Waals surface area (Å²) < 4.78 is 4.62. The van der Waals surface area contributed by atoms with Crippen molar-refractivity contribution in [1.29, 1.82) is 0 Å². The molecule has 0 aromatic heterocycles. The second-order valence-electron chi connectivity index (χ2n) is 6.82. The Balaban J connectivity index is 3.37. The van der Waals surface area contributed by atoms with E-state index in [1.54, 1.807) is 0 Å². The minimum atomic E-state index is -0.636. The average Bonchev–Trinajstić information content (AvgIpc) is 2.62. The third-order valence-electron chi connectivity index (χ3n) is 4.51. The van der Waals surface area contributed by atoms with Crippen molar-refractivity contribution in [1.82, 2.24) is 5.32 Å². The lowest BCUT2D eigenvalue weighted by Gasteiger charge is -2.13. The number of esters is 1. The summed E-state index contributed by atoms with van der Waals surface area (Å²) in [6.45, 7) is 2.26. The predicted octanol–water partition coefficient (Wildman–Crippen LogP) is 5.06. The van der Waals surface area contributed by atoms with E-state index in [1.807, 2.05) is 0 Å². The van der Waals surface area contributed by atoms with E-state index in [1.165, 1.54) is 77.7 Å². The van der Waals surface area contributed by atoms with Crippen molar-refractivity contribution >= 4 is 24.5 Å². The van der Waals surface area contributed by atoms with Gasteiger partial charge >= 0.3 is 5.97 Å². The lowest BCUT2D eigenvalue weighted by Crippen LogP contribution is -2.42. The number of carbonyl (C=O) groups is 2. The van der Waals surface area contributed by atoms with Gasteiger partial charge in [-0.1, -0.05) is 84.0 Å². The van der Waals surface area contributed by atoms with Crippen molar-refractivity contribution in [3.8, 4) is 0 Å². The van der Waals surface area contributed by atoms with Gasteiger partial charge in [0.1, 0.15) is 6.04 Å². The fraction of sp³-hybridized carbons (Fsp3) is 0.900. The van der Waals surface area contributed by atoms with E-state index in [-0.39, 0.29) is 11.7 Å². The summed E-state index contributed by atoms with van der Waals surface area (Å²) in [7, 11) is 1.32. The van der Waals surface area contributed by atoms with Crippen molar-refractivity contribution in [2.24, 2.45) is 0 Å². The van der Waals surface area contributed by atoms with Crippen LogP contribution in [-0.2, 0) is 14.3 Å². The Morgan fingerprint density at radius 3 is 1.68 bits per heavy atom. The molecule has 0 radical (unpaired) electrons. The number of thiol groups is 1. The van der Waals surface area contributed by atoms with Crippen LogP contribution in [0.25, 0.3) is 0 Å².